The van der Waals surface area contributed by atoms with Crippen LogP contribution in [0.3, 0.4) is 0 Å². The van der Waals surface area contributed by atoms with E-state index in [0.717, 1.165) is 11.1 Å². The minimum absolute atomic E-state index is 0.0682. The van der Waals surface area contributed by atoms with Crippen LogP contribution in [0.5, 0.6) is 0 Å². The molecule has 0 aromatic heterocycles. The number of nitrogens with one attached hydrogen (secondary N) is 2. The molecule has 2 amide bonds. The summed E-state index contributed by atoms with van der Waals surface area (Å²) in [7, 11) is 0. The van der Waals surface area contributed by atoms with Gasteiger partial charge in [0.1, 0.15) is 0 Å². The van der Waals surface area contributed by atoms with E-state index >= 15 is 0 Å². The lowest BCUT2D eigenvalue weighted by molar-refractivity contribution is -0.136. The van der Waals surface area contributed by atoms with E-state index in [1.54, 1.807) is 6.07 Å². The largest absolute Gasteiger partial charge is 0.394 e. The molecule has 0 radical (unpaired) electrons. The fraction of sp³-hybridized carbons (Fsp3) is 0.429. The van der Waals surface area contributed by atoms with Gasteiger partial charge in [0.05, 0.1) is 19.8 Å². The molecule has 6 nitrogen and oxygen atoms in total. The van der Waals surface area contributed by atoms with Gasteiger partial charge >= 0.3 is 11.8 Å². The van der Waals surface area contributed by atoms with Crippen molar-refractivity contribution >= 4 is 17.5 Å². The molecule has 0 saturated heterocycles. The number of aliphatic hydroxyl groups is 1. The highest BCUT2D eigenvalue weighted by Gasteiger charge is 2.13. The Morgan fingerprint density at radius 3 is 2.55 bits per heavy atom. The number of carbonyl (C=O) groups is 2. The summed E-state index contributed by atoms with van der Waals surface area (Å²) in [6.45, 7) is 4.53. The smallest absolute Gasteiger partial charge is 0.313 e. The summed E-state index contributed by atoms with van der Waals surface area (Å²) < 4.78 is 4.96. The number of benzene rings is 1. The number of hydrogen-bond acceptors (Lipinski definition) is 4. The number of hydrogen-bond donors (Lipinski definition) is 3. The van der Waals surface area contributed by atoms with Crippen LogP contribution in [-0.4, -0.2) is 43.3 Å². The Labute approximate surface area is 118 Å². The van der Waals surface area contributed by atoms with Gasteiger partial charge in [0, 0.05) is 12.2 Å². The minimum Gasteiger partial charge on any atom is -0.394 e. The molecule has 20 heavy (non-hydrogen) atoms. The van der Waals surface area contributed by atoms with Crippen molar-refractivity contribution in [2.45, 2.75) is 13.8 Å². The van der Waals surface area contributed by atoms with E-state index in [0.29, 0.717) is 5.69 Å². The summed E-state index contributed by atoms with van der Waals surface area (Å²) in [6, 6.07) is 5.44. The number of anilines is 1. The zero-order chi connectivity index (χ0) is 15.0. The molecule has 0 unspecified atom stereocenters. The fourth-order valence-electron chi connectivity index (χ4n) is 1.49. The molecule has 0 bridgehead atoms. The molecule has 1 aromatic rings. The van der Waals surface area contributed by atoms with E-state index in [1.165, 1.54) is 0 Å². The van der Waals surface area contributed by atoms with Crippen molar-refractivity contribution in [2.24, 2.45) is 0 Å². The predicted octanol–water partition coefficient (Wildman–Crippen LogP) is 0.367. The second kappa shape index (κ2) is 8.29. The number of aliphatic hydroxyl groups excluding tert-OH is 1. The van der Waals surface area contributed by atoms with Crippen molar-refractivity contribution in [1.29, 1.82) is 0 Å². The summed E-state index contributed by atoms with van der Waals surface area (Å²) in [4.78, 5) is 23.1. The molecule has 0 aliphatic rings. The van der Waals surface area contributed by atoms with Gasteiger partial charge in [0.2, 0.25) is 0 Å². The molecule has 0 heterocycles. The third-order valence-corrected chi connectivity index (χ3v) is 2.74. The lowest BCUT2D eigenvalue weighted by Crippen LogP contribution is -2.37. The third kappa shape index (κ3) is 5.38. The van der Waals surface area contributed by atoms with Crippen LogP contribution < -0.4 is 10.6 Å². The highest BCUT2D eigenvalue weighted by molar-refractivity contribution is 6.39. The van der Waals surface area contributed by atoms with Crippen molar-refractivity contribution in [3.8, 4) is 0 Å². The lowest BCUT2D eigenvalue weighted by Gasteiger charge is -2.08. The van der Waals surface area contributed by atoms with Gasteiger partial charge < -0.3 is 20.5 Å². The van der Waals surface area contributed by atoms with Gasteiger partial charge in [-0.3, -0.25) is 9.59 Å². The van der Waals surface area contributed by atoms with Crippen LogP contribution in [0.2, 0.25) is 0 Å². The highest BCUT2D eigenvalue weighted by Crippen LogP contribution is 2.13. The van der Waals surface area contributed by atoms with Crippen LogP contribution in [0.25, 0.3) is 0 Å². The van der Waals surface area contributed by atoms with E-state index < -0.39 is 11.8 Å². The zero-order valence-corrected chi connectivity index (χ0v) is 11.7. The van der Waals surface area contributed by atoms with E-state index in [1.807, 2.05) is 26.0 Å². The number of ether oxygens (including phenoxy) is 1. The number of carbonyl (C=O) groups excluding carboxylic acids is 2. The van der Waals surface area contributed by atoms with E-state index in [4.69, 9.17) is 9.84 Å². The highest BCUT2D eigenvalue weighted by atomic mass is 16.5. The Kier molecular flexibility index (Phi) is 6.69. The van der Waals surface area contributed by atoms with Gasteiger partial charge in [0.25, 0.3) is 0 Å². The molecule has 0 atom stereocenters. The summed E-state index contributed by atoms with van der Waals surface area (Å²) >= 11 is 0. The Bertz CT molecular complexity index is 474. The van der Waals surface area contributed by atoms with E-state index in [2.05, 4.69) is 10.6 Å². The molecule has 1 aromatic carbocycles. The molecule has 3 N–H and O–H groups in total. The molecular formula is C14H20N2O4. The van der Waals surface area contributed by atoms with E-state index in [-0.39, 0.29) is 26.4 Å². The van der Waals surface area contributed by atoms with Crippen LogP contribution >= 0.6 is 0 Å². The van der Waals surface area contributed by atoms with Gasteiger partial charge in [-0.25, -0.2) is 0 Å². The molecule has 0 aliphatic carbocycles. The normalized spacial score (nSPS) is 10.2. The Balaban J connectivity index is 2.37. The van der Waals surface area contributed by atoms with Crippen LogP contribution in [-0.2, 0) is 14.3 Å². The minimum atomic E-state index is -0.713. The van der Waals surface area contributed by atoms with Crippen molar-refractivity contribution in [2.75, 3.05) is 31.7 Å². The number of amides is 2. The molecule has 0 fully saturated rings. The molecule has 0 spiro atoms. The Hall–Kier alpha value is -1.92. The first-order valence-electron chi connectivity index (χ1n) is 6.39. The topological polar surface area (TPSA) is 87.7 Å². The fourth-order valence-corrected chi connectivity index (χ4v) is 1.49. The molecule has 1 rings (SSSR count). The SMILES string of the molecule is Cc1ccc(NC(=O)C(=O)NCCOCCO)cc1C. The number of aryl methyl sites for hydroxylation is 2. The lowest BCUT2D eigenvalue weighted by atomic mass is 10.1. The van der Waals surface area contributed by atoms with Crippen LogP contribution in [0.4, 0.5) is 5.69 Å². The summed E-state index contributed by atoms with van der Waals surface area (Å²) in [6.07, 6.45) is 0. The first kappa shape index (κ1) is 16.1. The molecule has 110 valence electrons. The van der Waals surface area contributed by atoms with Crippen LogP contribution in [0.15, 0.2) is 18.2 Å². The first-order chi connectivity index (χ1) is 9.54. The Morgan fingerprint density at radius 2 is 1.90 bits per heavy atom. The van der Waals surface area contributed by atoms with Gasteiger partial charge in [-0.2, -0.15) is 0 Å². The van der Waals surface area contributed by atoms with E-state index in [9.17, 15) is 9.59 Å². The van der Waals surface area contributed by atoms with Gasteiger partial charge in [-0.1, -0.05) is 6.07 Å². The average molecular weight is 280 g/mol. The van der Waals surface area contributed by atoms with Crippen molar-refractivity contribution in [1.82, 2.24) is 5.32 Å². The monoisotopic (exact) mass is 280 g/mol. The van der Waals surface area contributed by atoms with Gasteiger partial charge in [0.15, 0.2) is 0 Å². The standard InChI is InChI=1S/C14H20N2O4/c1-10-3-4-12(9-11(10)2)16-14(19)13(18)15-5-7-20-8-6-17/h3-4,9,17H,5-8H2,1-2H3,(H,15,18)(H,16,19). The second-order valence-corrected chi connectivity index (χ2v) is 4.35. The van der Waals surface area contributed by atoms with Crippen molar-refractivity contribution < 1.29 is 19.4 Å². The van der Waals surface area contributed by atoms with Gasteiger partial charge in [-0.15, -0.1) is 0 Å². The van der Waals surface area contributed by atoms with Crippen LogP contribution in [0.1, 0.15) is 11.1 Å². The molecule has 0 aliphatic heterocycles. The summed E-state index contributed by atoms with van der Waals surface area (Å²) in [5.41, 5.74) is 2.75. The molecule has 0 saturated carbocycles. The maximum absolute atomic E-state index is 11.6. The van der Waals surface area contributed by atoms with Crippen molar-refractivity contribution in [3.05, 3.63) is 29.3 Å². The quantitative estimate of drug-likeness (QED) is 0.519. The summed E-state index contributed by atoms with van der Waals surface area (Å²) in [5.74, 6) is -1.42. The zero-order valence-electron chi connectivity index (χ0n) is 11.7. The molecular weight excluding hydrogens is 260 g/mol. The maximum atomic E-state index is 11.6. The number of rotatable bonds is 6. The average Bonchev–Trinajstić information content (AvgIpc) is 2.42. The second-order valence-electron chi connectivity index (χ2n) is 4.35. The summed E-state index contributed by atoms with van der Waals surface area (Å²) in [5, 5.41) is 13.5. The van der Waals surface area contributed by atoms with Crippen molar-refractivity contribution in [3.63, 3.8) is 0 Å². The molecule has 6 heteroatoms. The van der Waals surface area contributed by atoms with Gasteiger partial charge in [-0.05, 0) is 37.1 Å². The Morgan fingerprint density at radius 1 is 1.15 bits per heavy atom. The predicted molar refractivity (Wildman–Crippen MR) is 75.5 cm³/mol. The first-order valence-corrected chi connectivity index (χ1v) is 6.39. The third-order valence-electron chi connectivity index (χ3n) is 2.74. The maximum Gasteiger partial charge on any atom is 0.313 e. The van der Waals surface area contributed by atoms with Crippen LogP contribution in [0, 0.1) is 13.8 Å².